The maximum Gasteiger partial charge on any atom is 0.324 e. The van der Waals surface area contributed by atoms with Gasteiger partial charge in [0, 0.05) is 13.1 Å². The second-order valence-electron chi connectivity index (χ2n) is 4.08. The Morgan fingerprint density at radius 3 is 2.62 bits per heavy atom. The molecule has 1 heterocycles. The molecule has 112 valence electrons. The molecule has 0 radical (unpaired) electrons. The number of nitrogens with zero attached hydrogens (tertiary/aromatic N) is 2. The number of benzene rings is 1. The Bertz CT molecular complexity index is 675. The number of anilines is 2. The number of urea groups is 1. The number of halogens is 4. The van der Waals surface area contributed by atoms with Gasteiger partial charge in [0.05, 0.1) is 10.7 Å². The van der Waals surface area contributed by atoms with Crippen LogP contribution in [0.5, 0.6) is 0 Å². The van der Waals surface area contributed by atoms with Crippen LogP contribution in [0, 0.1) is 5.82 Å². The Morgan fingerprint density at radius 2 is 2.05 bits per heavy atom. The van der Waals surface area contributed by atoms with Gasteiger partial charge in [-0.15, -0.1) is 0 Å². The van der Waals surface area contributed by atoms with Crippen molar-refractivity contribution in [3.8, 4) is 0 Å². The molecule has 0 aliphatic rings. The molecule has 2 N–H and O–H groups in total. The zero-order valence-corrected chi connectivity index (χ0v) is 11.5. The average molecular weight is 319 g/mol. The standard InChI is InChI=1S/C12H10ClF3N4O/c1-20-9(11(15)16)5-10(19-20)18-12(21)17-8-3-2-6(14)4-7(8)13/h2-5,11H,1H3,(H2,17,18,19,21). The lowest BCUT2D eigenvalue weighted by molar-refractivity contribution is 0.141. The Balaban J connectivity index is 2.06. The smallest absolute Gasteiger partial charge is 0.306 e. The van der Waals surface area contributed by atoms with Crippen LogP contribution in [0.3, 0.4) is 0 Å². The van der Waals surface area contributed by atoms with Crippen molar-refractivity contribution in [3.63, 3.8) is 0 Å². The summed E-state index contributed by atoms with van der Waals surface area (Å²) in [5, 5.41) is 8.37. The molecule has 0 unspecified atom stereocenters. The normalized spacial score (nSPS) is 10.8. The molecule has 0 saturated carbocycles. The van der Waals surface area contributed by atoms with E-state index in [0.717, 1.165) is 22.9 Å². The second-order valence-corrected chi connectivity index (χ2v) is 4.49. The van der Waals surface area contributed by atoms with E-state index in [2.05, 4.69) is 15.7 Å². The fraction of sp³-hybridized carbons (Fsp3) is 0.167. The lowest BCUT2D eigenvalue weighted by Gasteiger charge is -2.07. The van der Waals surface area contributed by atoms with Gasteiger partial charge >= 0.3 is 6.03 Å². The minimum atomic E-state index is -2.70. The molecule has 5 nitrogen and oxygen atoms in total. The first-order valence-electron chi connectivity index (χ1n) is 5.72. The van der Waals surface area contributed by atoms with Gasteiger partial charge in [0.2, 0.25) is 0 Å². The summed E-state index contributed by atoms with van der Waals surface area (Å²) in [5.41, 5.74) is -0.148. The molecule has 0 aliphatic heterocycles. The molecule has 2 aromatic rings. The van der Waals surface area contributed by atoms with E-state index in [0.29, 0.717) is 0 Å². The summed E-state index contributed by atoms with van der Waals surface area (Å²) in [6.45, 7) is 0. The summed E-state index contributed by atoms with van der Waals surface area (Å²) in [7, 11) is 1.33. The van der Waals surface area contributed by atoms with Gasteiger partial charge in [-0.1, -0.05) is 11.6 Å². The van der Waals surface area contributed by atoms with E-state index in [1.807, 2.05) is 0 Å². The van der Waals surface area contributed by atoms with Gasteiger partial charge in [0.25, 0.3) is 6.43 Å². The highest BCUT2D eigenvalue weighted by Gasteiger charge is 2.16. The summed E-state index contributed by atoms with van der Waals surface area (Å²) in [5.74, 6) is -0.583. The molecule has 9 heteroatoms. The minimum absolute atomic E-state index is 0.0134. The van der Waals surface area contributed by atoms with Gasteiger partial charge < -0.3 is 5.32 Å². The lowest BCUT2D eigenvalue weighted by atomic mass is 10.3. The van der Waals surface area contributed by atoms with Crippen LogP contribution >= 0.6 is 11.6 Å². The molecule has 2 amide bonds. The molecule has 1 aromatic heterocycles. The highest BCUT2D eigenvalue weighted by atomic mass is 35.5. The van der Waals surface area contributed by atoms with Crippen LogP contribution in [0.4, 0.5) is 29.5 Å². The van der Waals surface area contributed by atoms with E-state index >= 15 is 0 Å². The first-order valence-corrected chi connectivity index (χ1v) is 6.09. The van der Waals surface area contributed by atoms with E-state index in [1.54, 1.807) is 0 Å². The summed E-state index contributed by atoms with van der Waals surface area (Å²) in [4.78, 5) is 11.7. The Labute approximate surface area is 122 Å². The van der Waals surface area contributed by atoms with Gasteiger partial charge in [-0.05, 0) is 18.2 Å². The number of carbonyl (C=O) groups excluding carboxylic acids is 1. The number of hydrogen-bond donors (Lipinski definition) is 2. The first-order chi connectivity index (χ1) is 9.86. The quantitative estimate of drug-likeness (QED) is 0.904. The maximum absolute atomic E-state index is 12.9. The maximum atomic E-state index is 12.9. The Hall–Kier alpha value is -2.22. The van der Waals surface area contributed by atoms with Crippen LogP contribution in [0.2, 0.25) is 5.02 Å². The van der Waals surface area contributed by atoms with Crippen molar-refractivity contribution in [2.24, 2.45) is 7.05 Å². The zero-order valence-electron chi connectivity index (χ0n) is 10.7. The molecule has 2 rings (SSSR count). The van der Waals surface area contributed by atoms with Gasteiger partial charge in [-0.25, -0.2) is 18.0 Å². The topological polar surface area (TPSA) is 59.0 Å². The van der Waals surface area contributed by atoms with Gasteiger partial charge in [-0.3, -0.25) is 10.00 Å². The number of rotatable bonds is 3. The molecule has 0 spiro atoms. The summed E-state index contributed by atoms with van der Waals surface area (Å²) in [6.07, 6.45) is -2.70. The lowest BCUT2D eigenvalue weighted by Crippen LogP contribution is -2.20. The highest BCUT2D eigenvalue weighted by molar-refractivity contribution is 6.33. The van der Waals surface area contributed by atoms with E-state index in [1.165, 1.54) is 13.1 Å². The molecule has 1 aromatic carbocycles. The van der Waals surface area contributed by atoms with Crippen molar-refractivity contribution >= 4 is 29.1 Å². The third kappa shape index (κ3) is 3.66. The Kier molecular flexibility index (Phi) is 4.37. The number of carbonyl (C=O) groups is 1. The third-order valence-corrected chi connectivity index (χ3v) is 2.87. The minimum Gasteiger partial charge on any atom is -0.306 e. The van der Waals surface area contributed by atoms with E-state index in [4.69, 9.17) is 11.6 Å². The largest absolute Gasteiger partial charge is 0.324 e. The summed E-state index contributed by atoms with van der Waals surface area (Å²) < 4.78 is 39.0. The molecular formula is C12H10ClF3N4O. The molecule has 0 aliphatic carbocycles. The molecule has 0 saturated heterocycles. The molecule has 0 bridgehead atoms. The number of hydrogen-bond acceptors (Lipinski definition) is 2. The third-order valence-electron chi connectivity index (χ3n) is 2.56. The second kappa shape index (κ2) is 6.04. The molecule has 0 fully saturated rings. The van der Waals surface area contributed by atoms with Crippen LogP contribution in [0.25, 0.3) is 0 Å². The fourth-order valence-corrected chi connectivity index (χ4v) is 1.82. The van der Waals surface area contributed by atoms with Crippen molar-refractivity contribution in [1.82, 2.24) is 9.78 Å². The zero-order chi connectivity index (χ0) is 15.6. The van der Waals surface area contributed by atoms with Crippen LogP contribution in [-0.2, 0) is 7.05 Å². The van der Waals surface area contributed by atoms with Crippen LogP contribution in [-0.4, -0.2) is 15.8 Å². The van der Waals surface area contributed by atoms with Crippen molar-refractivity contribution in [2.75, 3.05) is 10.6 Å². The van der Waals surface area contributed by atoms with E-state index in [-0.39, 0.29) is 22.2 Å². The van der Waals surface area contributed by atoms with E-state index in [9.17, 15) is 18.0 Å². The monoisotopic (exact) mass is 318 g/mol. The van der Waals surface area contributed by atoms with Crippen LogP contribution < -0.4 is 10.6 Å². The predicted octanol–water partition coefficient (Wildman–Crippen LogP) is 3.79. The van der Waals surface area contributed by atoms with Crippen molar-refractivity contribution in [3.05, 3.63) is 40.8 Å². The molecule has 21 heavy (non-hydrogen) atoms. The number of amides is 2. The first kappa shape index (κ1) is 15.2. The van der Waals surface area contributed by atoms with Gasteiger partial charge in [0.1, 0.15) is 11.5 Å². The summed E-state index contributed by atoms with van der Waals surface area (Å²) >= 11 is 5.75. The Morgan fingerprint density at radius 1 is 1.33 bits per heavy atom. The highest BCUT2D eigenvalue weighted by Crippen LogP contribution is 2.23. The predicted molar refractivity (Wildman–Crippen MR) is 72.2 cm³/mol. The van der Waals surface area contributed by atoms with Crippen molar-refractivity contribution in [1.29, 1.82) is 0 Å². The number of aromatic nitrogens is 2. The van der Waals surface area contributed by atoms with Gasteiger partial charge in [-0.2, -0.15) is 5.10 Å². The molecule has 0 atom stereocenters. The molecular weight excluding hydrogens is 309 g/mol. The van der Waals surface area contributed by atoms with Crippen LogP contribution in [0.1, 0.15) is 12.1 Å². The van der Waals surface area contributed by atoms with Crippen LogP contribution in [0.15, 0.2) is 24.3 Å². The van der Waals surface area contributed by atoms with E-state index < -0.39 is 18.3 Å². The number of aryl methyl sites for hydroxylation is 1. The average Bonchev–Trinajstić information content (AvgIpc) is 2.74. The number of alkyl halides is 2. The SMILES string of the molecule is Cn1nc(NC(=O)Nc2ccc(F)cc2Cl)cc1C(F)F. The van der Waals surface area contributed by atoms with Crippen molar-refractivity contribution < 1.29 is 18.0 Å². The van der Waals surface area contributed by atoms with Gasteiger partial charge in [0.15, 0.2) is 5.82 Å². The summed E-state index contributed by atoms with van der Waals surface area (Å²) in [6, 6.07) is 3.75. The number of nitrogens with one attached hydrogen (secondary N) is 2. The fourth-order valence-electron chi connectivity index (χ4n) is 1.61. The van der Waals surface area contributed by atoms with Crippen molar-refractivity contribution in [2.45, 2.75) is 6.43 Å².